The van der Waals surface area contributed by atoms with Gasteiger partial charge >= 0.3 is 9.28 Å². The van der Waals surface area contributed by atoms with E-state index in [2.05, 4.69) is 5.32 Å². The summed E-state index contributed by atoms with van der Waals surface area (Å²) in [6.45, 7) is 3.25. The number of piperidine rings is 1. The van der Waals surface area contributed by atoms with E-state index in [4.69, 9.17) is 8.85 Å². The van der Waals surface area contributed by atoms with Crippen LogP contribution in [0.5, 0.6) is 0 Å². The van der Waals surface area contributed by atoms with E-state index in [1.54, 1.807) is 14.2 Å². The minimum atomic E-state index is -1.16. The molecule has 1 N–H and O–H groups in total. The lowest BCUT2D eigenvalue weighted by atomic mass is 9.80. The molecule has 1 saturated heterocycles. The van der Waals surface area contributed by atoms with Crippen molar-refractivity contribution in [2.24, 2.45) is 5.92 Å². The molecule has 16 heavy (non-hydrogen) atoms. The third-order valence-corrected chi connectivity index (χ3v) is 5.06. The van der Waals surface area contributed by atoms with Gasteiger partial charge < -0.3 is 14.2 Å². The highest BCUT2D eigenvalue weighted by Crippen LogP contribution is 2.30. The zero-order valence-electron chi connectivity index (χ0n) is 11.0. The number of nitrogens with one attached hydrogen (secondary N) is 1. The first-order chi connectivity index (χ1) is 7.77. The maximum Gasteiger partial charge on any atom is 0.317 e. The van der Waals surface area contributed by atoms with Crippen LogP contribution >= 0.6 is 0 Å². The third kappa shape index (κ3) is 4.95. The quantitative estimate of drug-likeness (QED) is 0.755. The van der Waals surface area contributed by atoms with Crippen molar-refractivity contribution in [2.75, 3.05) is 20.8 Å². The molecule has 0 aromatic rings. The summed E-state index contributed by atoms with van der Waals surface area (Å²) >= 11 is 0. The van der Waals surface area contributed by atoms with Crippen LogP contribution in [0.3, 0.4) is 0 Å². The van der Waals surface area contributed by atoms with Gasteiger partial charge in [-0.2, -0.15) is 0 Å². The average molecular weight is 245 g/mol. The van der Waals surface area contributed by atoms with Crippen LogP contribution in [-0.2, 0) is 8.85 Å². The van der Waals surface area contributed by atoms with Gasteiger partial charge in [0, 0.05) is 20.3 Å². The standard InChI is InChI=1S/C9H17N.C3H10O2Si/c1-2-6-9-8(4-1)5-3-7-10-9;1-4-6(3)5-2/h8-10H,1-7H2;6H,1-3H3. The number of rotatable bonds is 2. The summed E-state index contributed by atoms with van der Waals surface area (Å²) in [6, 6.07) is 0.905. The summed E-state index contributed by atoms with van der Waals surface area (Å²) in [4.78, 5) is 0. The maximum atomic E-state index is 4.82. The normalized spacial score (nSPS) is 29.2. The molecule has 0 amide bonds. The van der Waals surface area contributed by atoms with E-state index in [1.807, 2.05) is 6.55 Å². The fraction of sp³-hybridized carbons (Fsp3) is 1.00. The lowest BCUT2D eigenvalue weighted by Gasteiger charge is -2.36. The molecule has 0 spiro atoms. The molecule has 2 aliphatic rings. The Hall–Kier alpha value is 0.0969. The summed E-state index contributed by atoms with van der Waals surface area (Å²) in [5.74, 6) is 1.04. The van der Waals surface area contributed by atoms with Gasteiger partial charge in [0.15, 0.2) is 0 Å². The molecule has 0 bridgehead atoms. The highest BCUT2D eigenvalue weighted by Gasteiger charge is 2.26. The monoisotopic (exact) mass is 245 g/mol. The van der Waals surface area contributed by atoms with Gasteiger partial charge in [0.1, 0.15) is 0 Å². The van der Waals surface area contributed by atoms with Crippen molar-refractivity contribution >= 4 is 9.28 Å². The van der Waals surface area contributed by atoms with Gasteiger partial charge in [-0.15, -0.1) is 0 Å². The molecule has 2 fully saturated rings. The minimum Gasteiger partial charge on any atom is -0.400 e. The molecule has 2 rings (SSSR count). The number of fused-ring (bicyclic) bond motifs is 1. The summed E-state index contributed by atoms with van der Waals surface area (Å²) in [5, 5.41) is 3.62. The molecule has 1 saturated carbocycles. The molecular formula is C12H27NO2Si. The molecule has 2 unspecified atom stereocenters. The molecule has 0 radical (unpaired) electrons. The number of hydrogen-bond acceptors (Lipinski definition) is 3. The highest BCUT2D eigenvalue weighted by molar-refractivity contribution is 6.42. The van der Waals surface area contributed by atoms with Crippen LogP contribution < -0.4 is 5.32 Å². The smallest absolute Gasteiger partial charge is 0.317 e. The van der Waals surface area contributed by atoms with E-state index < -0.39 is 9.28 Å². The van der Waals surface area contributed by atoms with Gasteiger partial charge in [-0.1, -0.05) is 12.8 Å². The second-order valence-corrected chi connectivity index (χ2v) is 6.86. The van der Waals surface area contributed by atoms with Crippen molar-refractivity contribution in [2.45, 2.75) is 51.1 Å². The fourth-order valence-electron chi connectivity index (χ4n) is 2.57. The lowest BCUT2D eigenvalue weighted by molar-refractivity contribution is 0.212. The van der Waals surface area contributed by atoms with Crippen molar-refractivity contribution in [1.29, 1.82) is 0 Å². The van der Waals surface area contributed by atoms with Crippen molar-refractivity contribution in [3.8, 4) is 0 Å². The first-order valence-corrected chi connectivity index (χ1v) is 8.66. The van der Waals surface area contributed by atoms with Gasteiger partial charge in [-0.25, -0.2) is 0 Å². The fourth-order valence-corrected chi connectivity index (χ4v) is 2.76. The Morgan fingerprint density at radius 3 is 2.19 bits per heavy atom. The van der Waals surface area contributed by atoms with E-state index in [0.29, 0.717) is 0 Å². The first-order valence-electron chi connectivity index (χ1n) is 6.57. The molecule has 1 aliphatic carbocycles. The van der Waals surface area contributed by atoms with Crippen molar-refractivity contribution in [3.63, 3.8) is 0 Å². The molecule has 4 heteroatoms. The molecule has 3 nitrogen and oxygen atoms in total. The molecule has 1 aliphatic heterocycles. The second kappa shape index (κ2) is 8.23. The first kappa shape index (κ1) is 14.2. The summed E-state index contributed by atoms with van der Waals surface area (Å²) in [5.41, 5.74) is 0. The summed E-state index contributed by atoms with van der Waals surface area (Å²) in [7, 11) is 2.17. The van der Waals surface area contributed by atoms with Crippen molar-refractivity contribution in [3.05, 3.63) is 0 Å². The van der Waals surface area contributed by atoms with Crippen LogP contribution in [0, 0.1) is 5.92 Å². The largest absolute Gasteiger partial charge is 0.400 e. The maximum absolute atomic E-state index is 4.82. The summed E-state index contributed by atoms with van der Waals surface area (Å²) < 4.78 is 9.63. The van der Waals surface area contributed by atoms with Crippen molar-refractivity contribution in [1.82, 2.24) is 5.32 Å². The third-order valence-electron chi connectivity index (χ3n) is 3.73. The molecule has 1 heterocycles. The Kier molecular flexibility index (Phi) is 7.28. The molecule has 2 atom stereocenters. The Morgan fingerprint density at radius 1 is 1.00 bits per heavy atom. The van der Waals surface area contributed by atoms with Crippen LogP contribution in [-0.4, -0.2) is 36.1 Å². The molecule has 0 aromatic heterocycles. The Balaban J connectivity index is 0.000000187. The zero-order chi connectivity index (χ0) is 11.8. The van der Waals surface area contributed by atoms with E-state index in [0.717, 1.165) is 12.0 Å². The Morgan fingerprint density at radius 2 is 1.62 bits per heavy atom. The predicted molar refractivity (Wildman–Crippen MR) is 70.0 cm³/mol. The van der Waals surface area contributed by atoms with Crippen LogP contribution in [0.25, 0.3) is 0 Å². The second-order valence-electron chi connectivity index (χ2n) is 4.79. The average Bonchev–Trinajstić information content (AvgIpc) is 2.38. The number of hydrogen-bond donors (Lipinski definition) is 1. The van der Waals surface area contributed by atoms with E-state index >= 15 is 0 Å². The van der Waals surface area contributed by atoms with Gasteiger partial charge in [0.2, 0.25) is 0 Å². The van der Waals surface area contributed by atoms with Crippen molar-refractivity contribution < 1.29 is 8.85 Å². The Bertz CT molecular complexity index is 150. The molecule has 0 aromatic carbocycles. The predicted octanol–water partition coefficient (Wildman–Crippen LogP) is 2.06. The van der Waals surface area contributed by atoms with E-state index in [-0.39, 0.29) is 0 Å². The molecule has 96 valence electrons. The van der Waals surface area contributed by atoms with Crippen LogP contribution in [0.1, 0.15) is 38.5 Å². The minimum absolute atomic E-state index is 0.905. The van der Waals surface area contributed by atoms with Gasteiger partial charge in [0.25, 0.3) is 0 Å². The highest BCUT2D eigenvalue weighted by atomic mass is 28.3. The Labute approximate surface area is 102 Å². The van der Waals surface area contributed by atoms with E-state index in [1.165, 1.54) is 45.1 Å². The SMILES string of the molecule is C1CCC2NCCCC2C1.CO[SiH](C)OC. The van der Waals surface area contributed by atoms with Gasteiger partial charge in [0.05, 0.1) is 0 Å². The topological polar surface area (TPSA) is 30.5 Å². The molecular weight excluding hydrogens is 218 g/mol. The van der Waals surface area contributed by atoms with Gasteiger partial charge in [-0.05, 0) is 44.7 Å². The van der Waals surface area contributed by atoms with Crippen LogP contribution in [0.15, 0.2) is 0 Å². The lowest BCUT2D eigenvalue weighted by Crippen LogP contribution is -2.42. The van der Waals surface area contributed by atoms with Crippen LogP contribution in [0.2, 0.25) is 6.55 Å². The summed E-state index contributed by atoms with van der Waals surface area (Å²) in [6.07, 6.45) is 8.82. The zero-order valence-corrected chi connectivity index (χ0v) is 12.2. The van der Waals surface area contributed by atoms with Crippen LogP contribution in [0.4, 0.5) is 0 Å². The van der Waals surface area contributed by atoms with E-state index in [9.17, 15) is 0 Å². The van der Waals surface area contributed by atoms with Gasteiger partial charge in [-0.3, -0.25) is 0 Å².